The molecule has 0 aromatic heterocycles. The average molecular weight is 437 g/mol. The molecule has 1 aliphatic rings. The van der Waals surface area contributed by atoms with Gasteiger partial charge in [-0.05, 0) is 27.7 Å². The number of benzene rings is 2. The summed E-state index contributed by atoms with van der Waals surface area (Å²) in [6, 6.07) is 16.2. The van der Waals surface area contributed by atoms with Gasteiger partial charge in [-0.1, -0.05) is 68.5 Å². The van der Waals surface area contributed by atoms with E-state index in [9.17, 15) is 14.4 Å². The van der Waals surface area contributed by atoms with E-state index >= 15 is 0 Å². The molecule has 2 amide bonds. The first-order chi connectivity index (χ1) is 15.3. The molecule has 7 heteroatoms. The molecule has 0 bridgehead atoms. The number of rotatable bonds is 9. The lowest BCUT2D eigenvalue weighted by atomic mass is 9.89. The summed E-state index contributed by atoms with van der Waals surface area (Å²) in [4.78, 5) is 34.8. The van der Waals surface area contributed by atoms with Gasteiger partial charge in [0.2, 0.25) is 5.91 Å². The fraction of sp³-hybridized carbons (Fsp3) is 0.320. The number of hydrogen-bond donors (Lipinski definition) is 3. The topological polar surface area (TPSA) is 105 Å². The molecular weight excluding hydrogens is 408 g/mol. The lowest BCUT2D eigenvalue weighted by Gasteiger charge is -2.22. The number of carbonyl (C=O) groups excluding carboxylic acids is 2. The molecule has 7 nitrogen and oxygen atoms in total. The molecule has 3 N–H and O–H groups in total. The van der Waals surface area contributed by atoms with Gasteiger partial charge in [0.05, 0.1) is 6.42 Å². The maximum absolute atomic E-state index is 12.1. The van der Waals surface area contributed by atoms with Crippen molar-refractivity contribution in [3.63, 3.8) is 0 Å². The predicted molar refractivity (Wildman–Crippen MR) is 121 cm³/mol. The molecule has 0 atom stereocenters. The van der Waals surface area contributed by atoms with E-state index in [4.69, 9.17) is 9.84 Å². The van der Waals surface area contributed by atoms with Crippen LogP contribution in [0.3, 0.4) is 0 Å². The number of nitrogens with one attached hydrogen (secondary N) is 2. The fourth-order valence-electron chi connectivity index (χ4n) is 3.81. The Hall–Kier alpha value is -3.61. The predicted octanol–water partition coefficient (Wildman–Crippen LogP) is 3.70. The molecule has 0 aliphatic heterocycles. The van der Waals surface area contributed by atoms with E-state index in [0.717, 1.165) is 22.3 Å². The highest BCUT2D eigenvalue weighted by Gasteiger charge is 2.29. The Morgan fingerprint density at radius 1 is 1.00 bits per heavy atom. The number of ether oxygens (including phenoxy) is 1. The second-order valence-corrected chi connectivity index (χ2v) is 8.56. The highest BCUT2D eigenvalue weighted by molar-refractivity contribution is 5.87. The zero-order valence-corrected chi connectivity index (χ0v) is 18.3. The SMILES string of the molecule is CC(C)(CNC(=O)/C=C/CNC(=O)OCC1c2ccccc2-c2ccccc21)CC(=O)O. The summed E-state index contributed by atoms with van der Waals surface area (Å²) >= 11 is 0. The van der Waals surface area contributed by atoms with Gasteiger partial charge in [0.1, 0.15) is 6.61 Å². The zero-order valence-electron chi connectivity index (χ0n) is 18.3. The highest BCUT2D eigenvalue weighted by Crippen LogP contribution is 2.44. The van der Waals surface area contributed by atoms with E-state index in [1.54, 1.807) is 13.8 Å². The van der Waals surface area contributed by atoms with Crippen LogP contribution in [-0.4, -0.2) is 42.8 Å². The number of aliphatic carboxylic acids is 1. The fourth-order valence-corrected chi connectivity index (χ4v) is 3.81. The van der Waals surface area contributed by atoms with Crippen LogP contribution in [0.25, 0.3) is 11.1 Å². The maximum Gasteiger partial charge on any atom is 0.407 e. The normalized spacial score (nSPS) is 12.8. The van der Waals surface area contributed by atoms with Crippen molar-refractivity contribution >= 4 is 18.0 Å². The summed E-state index contributed by atoms with van der Waals surface area (Å²) in [6.45, 7) is 4.14. The second-order valence-electron chi connectivity index (χ2n) is 8.56. The van der Waals surface area contributed by atoms with Crippen LogP contribution in [0.4, 0.5) is 4.79 Å². The molecule has 0 unspecified atom stereocenters. The Kier molecular flexibility index (Phi) is 7.30. The van der Waals surface area contributed by atoms with E-state index in [1.807, 2.05) is 24.3 Å². The van der Waals surface area contributed by atoms with E-state index < -0.39 is 17.5 Å². The van der Waals surface area contributed by atoms with E-state index in [0.29, 0.717) is 0 Å². The van der Waals surface area contributed by atoms with Gasteiger partial charge in [-0.15, -0.1) is 0 Å². The Labute approximate surface area is 187 Å². The number of fused-ring (bicyclic) bond motifs is 3. The van der Waals surface area contributed by atoms with Gasteiger partial charge in [-0.25, -0.2) is 4.79 Å². The highest BCUT2D eigenvalue weighted by atomic mass is 16.5. The smallest absolute Gasteiger partial charge is 0.407 e. The number of carbonyl (C=O) groups is 3. The number of amides is 2. The monoisotopic (exact) mass is 436 g/mol. The van der Waals surface area contributed by atoms with Crippen LogP contribution in [-0.2, 0) is 14.3 Å². The van der Waals surface area contributed by atoms with Crippen molar-refractivity contribution in [3.8, 4) is 11.1 Å². The Bertz CT molecular complexity index is 983. The van der Waals surface area contributed by atoms with Gasteiger partial charge in [-0.3, -0.25) is 9.59 Å². The lowest BCUT2D eigenvalue weighted by Crippen LogP contribution is -2.34. The summed E-state index contributed by atoms with van der Waals surface area (Å²) in [6.07, 6.45) is 2.22. The zero-order chi connectivity index (χ0) is 23.1. The van der Waals surface area contributed by atoms with Crippen molar-refractivity contribution < 1.29 is 24.2 Å². The van der Waals surface area contributed by atoms with Gasteiger partial charge in [0.15, 0.2) is 0 Å². The number of hydrogen-bond acceptors (Lipinski definition) is 4. The molecular formula is C25H28N2O5. The molecule has 0 radical (unpaired) electrons. The standard InChI is InChI=1S/C25H28N2O5/c1-25(2,14-23(29)30)16-27-22(28)12-7-13-26-24(31)32-15-21-19-10-5-3-8-17(19)18-9-4-6-11-20(18)21/h3-12,21H,13-16H2,1-2H3,(H,26,31)(H,27,28)(H,29,30)/b12-7+. The van der Waals surface area contributed by atoms with Crippen molar-refractivity contribution in [1.29, 1.82) is 0 Å². The van der Waals surface area contributed by atoms with Crippen LogP contribution in [0.2, 0.25) is 0 Å². The molecule has 0 fully saturated rings. The van der Waals surface area contributed by atoms with Crippen LogP contribution >= 0.6 is 0 Å². The molecule has 3 rings (SSSR count). The maximum atomic E-state index is 12.1. The van der Waals surface area contributed by atoms with Crippen LogP contribution < -0.4 is 10.6 Å². The molecule has 0 saturated carbocycles. The summed E-state index contributed by atoms with van der Waals surface area (Å²) in [7, 11) is 0. The van der Waals surface area contributed by atoms with Gasteiger partial charge >= 0.3 is 12.1 Å². The van der Waals surface area contributed by atoms with Crippen molar-refractivity contribution in [2.45, 2.75) is 26.2 Å². The first kappa shape index (κ1) is 23.1. The number of carboxylic acid groups (broad SMARTS) is 1. The molecule has 168 valence electrons. The van der Waals surface area contributed by atoms with E-state index in [1.165, 1.54) is 12.2 Å². The van der Waals surface area contributed by atoms with Crippen LogP contribution in [0.15, 0.2) is 60.7 Å². The molecule has 2 aromatic carbocycles. The minimum absolute atomic E-state index is 0.0105. The minimum Gasteiger partial charge on any atom is -0.481 e. The van der Waals surface area contributed by atoms with E-state index in [-0.39, 0.29) is 37.9 Å². The summed E-state index contributed by atoms with van der Waals surface area (Å²) in [5.74, 6) is -1.27. The first-order valence-electron chi connectivity index (χ1n) is 10.5. The summed E-state index contributed by atoms with van der Waals surface area (Å²) < 4.78 is 5.44. The number of carboxylic acids is 1. The van der Waals surface area contributed by atoms with Crippen molar-refractivity contribution in [1.82, 2.24) is 10.6 Å². The third kappa shape index (κ3) is 5.97. The van der Waals surface area contributed by atoms with Gasteiger partial charge in [0, 0.05) is 25.1 Å². The molecule has 1 aliphatic carbocycles. The molecule has 32 heavy (non-hydrogen) atoms. The molecule has 0 saturated heterocycles. The number of alkyl carbamates (subject to hydrolysis) is 1. The van der Waals surface area contributed by atoms with Crippen LogP contribution in [0.1, 0.15) is 37.3 Å². The first-order valence-corrected chi connectivity index (χ1v) is 10.5. The molecule has 2 aromatic rings. The molecule has 0 heterocycles. The van der Waals surface area contributed by atoms with Crippen molar-refractivity contribution in [2.75, 3.05) is 19.7 Å². The average Bonchev–Trinajstić information content (AvgIpc) is 3.07. The third-order valence-corrected chi connectivity index (χ3v) is 5.35. The van der Waals surface area contributed by atoms with Crippen LogP contribution in [0, 0.1) is 5.41 Å². The van der Waals surface area contributed by atoms with Crippen molar-refractivity contribution in [3.05, 3.63) is 71.8 Å². The van der Waals surface area contributed by atoms with Crippen molar-refractivity contribution in [2.24, 2.45) is 5.41 Å². The third-order valence-electron chi connectivity index (χ3n) is 5.35. The minimum atomic E-state index is -0.910. The second kappa shape index (κ2) is 10.1. The van der Waals surface area contributed by atoms with Gasteiger partial charge in [-0.2, -0.15) is 0 Å². The largest absolute Gasteiger partial charge is 0.481 e. The Balaban J connectivity index is 1.43. The Morgan fingerprint density at radius 3 is 2.19 bits per heavy atom. The van der Waals surface area contributed by atoms with Crippen LogP contribution in [0.5, 0.6) is 0 Å². The van der Waals surface area contributed by atoms with E-state index in [2.05, 4.69) is 34.9 Å². The molecule has 0 spiro atoms. The summed E-state index contributed by atoms with van der Waals surface area (Å²) in [5.41, 5.74) is 4.07. The van der Waals surface area contributed by atoms with Gasteiger partial charge in [0.25, 0.3) is 0 Å². The quantitative estimate of drug-likeness (QED) is 0.520. The lowest BCUT2D eigenvalue weighted by molar-refractivity contribution is -0.139. The summed E-state index contributed by atoms with van der Waals surface area (Å²) in [5, 5.41) is 14.1. The Morgan fingerprint density at radius 2 is 1.59 bits per heavy atom. The van der Waals surface area contributed by atoms with Gasteiger partial charge < -0.3 is 20.5 Å².